The number of esters is 1. The van der Waals surface area contributed by atoms with E-state index in [-0.39, 0.29) is 30.1 Å². The summed E-state index contributed by atoms with van der Waals surface area (Å²) in [6.07, 6.45) is 3.36. The summed E-state index contributed by atoms with van der Waals surface area (Å²) in [6.45, 7) is 10.8. The number of nitrogens with one attached hydrogen (secondary N) is 1. The maximum atomic E-state index is 12.3. The minimum atomic E-state index is -1.11. The van der Waals surface area contributed by atoms with Crippen molar-refractivity contribution in [2.45, 2.75) is 72.2 Å². The molecule has 0 saturated heterocycles. The number of rotatable bonds is 13. The molecular weight excluding hydrogens is 590 g/mol. The minimum absolute atomic E-state index is 0.0875. The summed E-state index contributed by atoms with van der Waals surface area (Å²) in [5.74, 6) is -1.15. The van der Waals surface area contributed by atoms with Gasteiger partial charge in [-0.2, -0.15) is 0 Å². The summed E-state index contributed by atoms with van der Waals surface area (Å²) in [6, 6.07) is 17.3. The Bertz CT molecular complexity index is 1560. The van der Waals surface area contributed by atoms with Gasteiger partial charge in [0.05, 0.1) is 17.7 Å². The molecule has 3 rings (SSSR count). The molecule has 0 bridgehead atoms. The molecule has 0 radical (unpaired) electrons. The molecule has 10 heteroatoms. The number of amides is 1. The summed E-state index contributed by atoms with van der Waals surface area (Å²) in [7, 11) is 0. The second kappa shape index (κ2) is 15.7. The van der Waals surface area contributed by atoms with E-state index >= 15 is 0 Å². The van der Waals surface area contributed by atoms with Crippen LogP contribution in [0.15, 0.2) is 66.7 Å². The summed E-state index contributed by atoms with van der Waals surface area (Å²) >= 11 is 0. The molecule has 0 aliphatic heterocycles. The van der Waals surface area contributed by atoms with Crippen LogP contribution in [0, 0.1) is 0 Å². The lowest BCUT2D eigenvalue weighted by molar-refractivity contribution is -0.148. The van der Waals surface area contributed by atoms with Gasteiger partial charge in [0.2, 0.25) is 0 Å². The number of carboxylic acids is 1. The Morgan fingerprint density at radius 2 is 1.57 bits per heavy atom. The van der Waals surface area contributed by atoms with Crippen LogP contribution in [0.25, 0.3) is 6.08 Å². The van der Waals surface area contributed by atoms with Gasteiger partial charge < -0.3 is 24.1 Å². The van der Waals surface area contributed by atoms with Gasteiger partial charge in [-0.1, -0.05) is 36.4 Å². The van der Waals surface area contributed by atoms with Crippen LogP contribution in [0.2, 0.25) is 0 Å². The fourth-order valence-electron chi connectivity index (χ4n) is 4.30. The van der Waals surface area contributed by atoms with Crippen molar-refractivity contribution in [2.75, 3.05) is 11.9 Å². The third kappa shape index (κ3) is 11.4. The summed E-state index contributed by atoms with van der Waals surface area (Å²) < 4.78 is 22.8. The number of benzene rings is 3. The average molecular weight is 632 g/mol. The van der Waals surface area contributed by atoms with Gasteiger partial charge in [-0.05, 0) is 101 Å². The van der Waals surface area contributed by atoms with Crippen molar-refractivity contribution >= 4 is 36.1 Å². The third-order valence-electron chi connectivity index (χ3n) is 6.17. The third-order valence-corrected chi connectivity index (χ3v) is 6.17. The number of carbonyl (C=O) groups excluding carboxylic acids is 3. The number of aldehydes is 1. The van der Waals surface area contributed by atoms with Crippen LogP contribution in [-0.2, 0) is 27.3 Å². The molecule has 3 aromatic rings. The monoisotopic (exact) mass is 631 g/mol. The van der Waals surface area contributed by atoms with Gasteiger partial charge in [0.15, 0.2) is 17.8 Å². The Hall–Kier alpha value is -5.12. The standard InChI is InChI=1S/C36H41NO9/c1-35(2,3)45-31(39)19-15-25-14-18-30(44-23-24-11-8-7-9-12-24)32(29(25)22-38)43-20-10-13-26-21-27(16-17-28(26)33(40)41)37-34(42)46-36(4,5)6/h7-9,11-12,14-19,21-22H,10,13,20,23H2,1-6H3,(H,37,42)(H,40,41)/b19-15+. The highest BCUT2D eigenvalue weighted by atomic mass is 16.6. The van der Waals surface area contributed by atoms with Crippen molar-refractivity contribution < 1.29 is 43.2 Å². The fraction of sp³-hybridized carbons (Fsp3) is 0.333. The molecule has 0 atom stereocenters. The van der Waals surface area contributed by atoms with E-state index in [1.165, 1.54) is 24.3 Å². The molecule has 0 saturated carbocycles. The van der Waals surface area contributed by atoms with Crippen molar-refractivity contribution in [2.24, 2.45) is 0 Å². The van der Waals surface area contributed by atoms with Crippen molar-refractivity contribution in [1.29, 1.82) is 0 Å². The number of anilines is 1. The Morgan fingerprint density at radius 3 is 2.20 bits per heavy atom. The second-order valence-electron chi connectivity index (χ2n) is 12.4. The predicted molar refractivity (Wildman–Crippen MR) is 175 cm³/mol. The highest BCUT2D eigenvalue weighted by Crippen LogP contribution is 2.35. The smallest absolute Gasteiger partial charge is 0.412 e. The highest BCUT2D eigenvalue weighted by molar-refractivity contribution is 5.93. The first-order chi connectivity index (χ1) is 21.6. The lowest BCUT2D eigenvalue weighted by Crippen LogP contribution is -2.27. The molecule has 0 fully saturated rings. The fourth-order valence-corrected chi connectivity index (χ4v) is 4.30. The molecule has 3 aromatic carbocycles. The van der Waals surface area contributed by atoms with Crippen LogP contribution in [0.3, 0.4) is 0 Å². The van der Waals surface area contributed by atoms with Crippen molar-refractivity contribution in [3.8, 4) is 11.5 Å². The molecule has 244 valence electrons. The second-order valence-corrected chi connectivity index (χ2v) is 12.4. The van der Waals surface area contributed by atoms with Crippen LogP contribution in [0.5, 0.6) is 11.5 Å². The zero-order chi connectivity index (χ0) is 33.9. The van der Waals surface area contributed by atoms with Crippen LogP contribution in [0.1, 0.15) is 85.4 Å². The summed E-state index contributed by atoms with van der Waals surface area (Å²) in [4.78, 5) is 48.8. The average Bonchev–Trinajstić information content (AvgIpc) is 2.96. The topological polar surface area (TPSA) is 137 Å². The quantitative estimate of drug-likeness (QED) is 0.0850. The van der Waals surface area contributed by atoms with Crippen molar-refractivity contribution in [3.05, 3.63) is 94.6 Å². The van der Waals surface area contributed by atoms with E-state index in [0.29, 0.717) is 41.7 Å². The molecule has 1 amide bonds. The normalized spacial score (nSPS) is 11.5. The lowest BCUT2D eigenvalue weighted by Gasteiger charge is -2.20. The van der Waals surface area contributed by atoms with Gasteiger partial charge in [0, 0.05) is 11.8 Å². The molecule has 2 N–H and O–H groups in total. The van der Waals surface area contributed by atoms with Gasteiger partial charge in [0.1, 0.15) is 17.8 Å². The number of hydrogen-bond donors (Lipinski definition) is 2. The number of aromatic carboxylic acids is 1. The number of hydrogen-bond acceptors (Lipinski definition) is 8. The van der Waals surface area contributed by atoms with Crippen molar-refractivity contribution in [1.82, 2.24) is 0 Å². The van der Waals surface area contributed by atoms with E-state index in [4.69, 9.17) is 18.9 Å². The highest BCUT2D eigenvalue weighted by Gasteiger charge is 2.19. The van der Waals surface area contributed by atoms with E-state index in [1.54, 1.807) is 59.7 Å². The predicted octanol–water partition coefficient (Wildman–Crippen LogP) is 7.49. The maximum absolute atomic E-state index is 12.3. The van der Waals surface area contributed by atoms with Crippen molar-refractivity contribution in [3.63, 3.8) is 0 Å². The van der Waals surface area contributed by atoms with Gasteiger partial charge in [-0.3, -0.25) is 10.1 Å². The molecule has 0 aliphatic carbocycles. The number of aryl methyl sites for hydroxylation is 1. The molecule has 0 unspecified atom stereocenters. The molecule has 0 aromatic heterocycles. The van der Waals surface area contributed by atoms with Gasteiger partial charge in [0.25, 0.3) is 0 Å². The van der Waals surface area contributed by atoms with E-state index < -0.39 is 29.2 Å². The molecule has 0 aliphatic rings. The minimum Gasteiger partial charge on any atom is -0.489 e. The summed E-state index contributed by atoms with van der Waals surface area (Å²) in [5, 5.41) is 12.4. The number of ether oxygens (including phenoxy) is 4. The van der Waals surface area contributed by atoms with Crippen LogP contribution < -0.4 is 14.8 Å². The molecule has 0 spiro atoms. The van der Waals surface area contributed by atoms with E-state index in [2.05, 4.69) is 5.32 Å². The largest absolute Gasteiger partial charge is 0.489 e. The molecule has 46 heavy (non-hydrogen) atoms. The Morgan fingerprint density at radius 1 is 0.870 bits per heavy atom. The number of carboxylic acid groups (broad SMARTS) is 1. The van der Waals surface area contributed by atoms with E-state index in [9.17, 15) is 24.3 Å². The Balaban J connectivity index is 1.82. The van der Waals surface area contributed by atoms with Gasteiger partial charge in [-0.15, -0.1) is 0 Å². The van der Waals surface area contributed by atoms with Gasteiger partial charge >= 0.3 is 18.0 Å². The zero-order valence-electron chi connectivity index (χ0n) is 27.0. The Kier molecular flexibility index (Phi) is 12.1. The SMILES string of the molecule is CC(C)(C)OC(=O)/C=C/c1ccc(OCc2ccccc2)c(OCCCc2cc(NC(=O)OC(C)(C)C)ccc2C(=O)O)c1C=O. The molecule has 0 heterocycles. The number of carbonyl (C=O) groups is 4. The molecular formula is C36H41NO9. The Labute approximate surface area is 269 Å². The van der Waals surface area contributed by atoms with E-state index in [1.807, 2.05) is 30.3 Å². The maximum Gasteiger partial charge on any atom is 0.412 e. The molecule has 10 nitrogen and oxygen atoms in total. The van der Waals surface area contributed by atoms with Crippen LogP contribution in [0.4, 0.5) is 10.5 Å². The zero-order valence-corrected chi connectivity index (χ0v) is 27.0. The van der Waals surface area contributed by atoms with E-state index in [0.717, 1.165) is 5.56 Å². The first-order valence-electron chi connectivity index (χ1n) is 14.8. The van der Waals surface area contributed by atoms with Crippen LogP contribution >= 0.6 is 0 Å². The first kappa shape index (κ1) is 35.4. The van der Waals surface area contributed by atoms with Gasteiger partial charge in [-0.25, -0.2) is 14.4 Å². The summed E-state index contributed by atoms with van der Waals surface area (Å²) in [5.41, 5.74) is 1.11. The lowest BCUT2D eigenvalue weighted by atomic mass is 10.0. The first-order valence-corrected chi connectivity index (χ1v) is 14.8. The van der Waals surface area contributed by atoms with Crippen LogP contribution in [-0.4, -0.2) is 47.2 Å².